The van der Waals surface area contributed by atoms with E-state index in [1.807, 2.05) is 39.8 Å². The SMILES string of the molecule is CC(C)(CCCCc1ccccc1CCCCC(C)(C)CC(=O)CCNC(=O)CCNC(=O)C(O)C(C)(C)COP(=O)([O-])OP(=O)([O-])OCC1OC(n2cnc3c(N)ncnc32)C(O)C1OP(=O)([O-])[O-])CC(=O)CCNC(=O)CCNC(=O)C(O)C(C)(C)COP(=O)([O-])OP(=O)([O-])OCC1OC(n2cnc3c(N)ncnc32)C(O)C1OP(=O)([O-])[O-]. The fourth-order valence-electron chi connectivity index (χ4n) is 12.8. The number of nitrogen functional groups attached to an aromatic ring is 2. The number of phosphoric ester groups is 6. The number of hydrogen-bond donors (Lipinski definition) is 10. The number of aliphatic hydroxyl groups is 4. The molecule has 0 aliphatic carbocycles. The third-order valence-electron chi connectivity index (χ3n) is 19.1. The number of aromatic nitrogens is 8. The summed E-state index contributed by atoms with van der Waals surface area (Å²) in [5.74, 6) is -3.60. The Morgan fingerprint density at radius 1 is 0.500 bits per heavy atom. The van der Waals surface area contributed by atoms with Crippen LogP contribution in [0.3, 0.4) is 0 Å². The molecule has 4 amide bonds. The molecule has 1 aromatic carbocycles. The summed E-state index contributed by atoms with van der Waals surface area (Å²) in [5.41, 5.74) is 9.66. The number of phosphoric acid groups is 6. The van der Waals surface area contributed by atoms with E-state index >= 15 is 0 Å². The molecule has 14 atom stereocenters. The zero-order valence-corrected chi connectivity index (χ0v) is 71.8. The molecule has 120 heavy (non-hydrogen) atoms. The van der Waals surface area contributed by atoms with Gasteiger partial charge in [-0.3, -0.25) is 56.2 Å². The fourth-order valence-corrected chi connectivity index (χ4v) is 18.3. The molecule has 4 aromatic heterocycles. The second-order valence-corrected chi connectivity index (χ2v) is 39.5. The quantitative estimate of drug-likeness (QED) is 0.0144. The number of nitrogens with one attached hydrogen (secondary N) is 4. The standard InChI is InChI=1S/C66H106N14O34P6/c1-63(2,29-41(81)19-25-69-45(83)21-27-71-59(89)53(87)65(5,6)33-107-119(101,102)113-117(97,98)105-31-43-51(111-115(91,92)93)49(85)61(109-43)79-37-77-47-55(67)73-35-75-57(47)79)23-13-11-17-39-15-9-10-16-40(39)18-12-14-24-64(3,4)30-42(82)20-26-70-46(84)22-28-72-60(90)54(88)66(7,8)34-108-120(103,104)114-118(99,100)106-32-44-52(112-116(94,95)96)50(86)62(110-44)80-38-78-48-56(68)74-36-76-58(48)80/h9-10,15-16,35-38,43-44,49-54,61-62,85-88H,11-14,17-34H2,1-8H3,(H,69,83)(H,70,84)(H,71,89)(H,72,90)(H,97,98)(H,99,100)(H,101,102)(H,103,104)(H2,67,73,75)(H2,68,74,76)(H2,91,92,93)(H2,94,95,96)/p-8. The minimum atomic E-state index is -5.99. The number of benzene rings is 1. The molecule has 2 fully saturated rings. The van der Waals surface area contributed by atoms with Crippen LogP contribution in [0.1, 0.15) is 156 Å². The van der Waals surface area contributed by atoms with Gasteiger partial charge in [0.2, 0.25) is 23.6 Å². The number of ketones is 2. The van der Waals surface area contributed by atoms with Gasteiger partial charge >= 0.3 is 0 Å². The molecule has 2 saturated heterocycles. The van der Waals surface area contributed by atoms with Crippen molar-refractivity contribution in [2.75, 3.05) is 64.1 Å². The van der Waals surface area contributed by atoms with Crippen LogP contribution in [0.4, 0.5) is 11.6 Å². The van der Waals surface area contributed by atoms with Crippen molar-refractivity contribution in [3.63, 3.8) is 0 Å². The van der Waals surface area contributed by atoms with Crippen LogP contribution in [0, 0.1) is 21.7 Å². The lowest BCUT2D eigenvalue weighted by Crippen LogP contribution is -2.46. The first-order valence-electron chi connectivity index (χ1n) is 37.3. The lowest BCUT2D eigenvalue weighted by molar-refractivity contribution is -0.348. The molecule has 2 aliphatic heterocycles. The number of fused-ring (bicyclic) bond motifs is 2. The Hall–Kier alpha value is -6.36. The van der Waals surface area contributed by atoms with Gasteiger partial charge < -0.3 is 138 Å². The highest BCUT2D eigenvalue weighted by atomic mass is 31.3. The number of hydrogen-bond acceptors (Lipinski definition) is 42. The van der Waals surface area contributed by atoms with E-state index in [4.69, 9.17) is 20.9 Å². The summed E-state index contributed by atoms with van der Waals surface area (Å²) in [6.07, 6.45) is -8.87. The lowest BCUT2D eigenvalue weighted by Gasteiger charge is -2.36. The van der Waals surface area contributed by atoms with Crippen molar-refractivity contribution in [3.8, 4) is 0 Å². The largest absolute Gasteiger partial charge is 0.790 e. The Morgan fingerprint density at radius 2 is 0.842 bits per heavy atom. The monoisotopic (exact) mass is 1820 g/mol. The molecule has 12 N–H and O–H groups in total. The molecule has 0 radical (unpaired) electrons. The van der Waals surface area contributed by atoms with Gasteiger partial charge in [0.15, 0.2) is 35.4 Å². The number of nitrogens with two attached hydrogens (primary N) is 2. The maximum absolute atomic E-state index is 13.1. The van der Waals surface area contributed by atoms with Crippen molar-refractivity contribution in [1.82, 2.24) is 60.3 Å². The number of imidazole rings is 2. The van der Waals surface area contributed by atoms with Crippen LogP contribution < -0.4 is 71.9 Å². The number of nitrogens with zero attached hydrogens (tertiary/aromatic N) is 8. The van der Waals surface area contributed by atoms with Crippen molar-refractivity contribution in [2.24, 2.45) is 21.7 Å². The molecule has 7 rings (SSSR count). The number of carbonyl (C=O) groups excluding carboxylic acids is 6. The first-order chi connectivity index (χ1) is 55.6. The van der Waals surface area contributed by atoms with Crippen molar-refractivity contribution in [1.29, 1.82) is 0 Å². The van der Waals surface area contributed by atoms with Gasteiger partial charge in [-0.05, 0) is 60.5 Å². The Kier molecular flexibility index (Phi) is 35.7. The van der Waals surface area contributed by atoms with E-state index < -0.39 is 169 Å². The number of carbonyl (C=O) groups is 6. The van der Waals surface area contributed by atoms with E-state index in [1.165, 1.54) is 38.8 Å². The molecule has 5 aromatic rings. The van der Waals surface area contributed by atoms with Gasteiger partial charge in [-0.2, -0.15) is 0 Å². The molecular formula is C66H98N14O34P6-8. The highest BCUT2D eigenvalue weighted by Crippen LogP contribution is 2.58. The van der Waals surface area contributed by atoms with Crippen molar-refractivity contribution >= 4 is 116 Å². The Balaban J connectivity index is 0.704. The second-order valence-electron chi connectivity index (χ2n) is 31.4. The first-order valence-corrected chi connectivity index (χ1v) is 46.1. The van der Waals surface area contributed by atoms with E-state index in [-0.39, 0.29) is 121 Å². The van der Waals surface area contributed by atoms with E-state index in [9.17, 15) is 116 Å². The fraction of sp³-hybridized carbons (Fsp3) is 0.667. The van der Waals surface area contributed by atoms with Gasteiger partial charge in [0.1, 0.15) is 84.1 Å². The zero-order valence-electron chi connectivity index (χ0n) is 66.4. The Labute approximate surface area is 687 Å². The normalized spacial score (nSPS) is 21.4. The van der Waals surface area contributed by atoms with Gasteiger partial charge in [0, 0.05) is 75.5 Å². The number of Topliss-reactive ketones (excluding diaryl/α,β-unsaturated/α-hetero) is 2. The van der Waals surface area contributed by atoms with Crippen LogP contribution in [0.5, 0.6) is 0 Å². The van der Waals surface area contributed by atoms with E-state index in [1.54, 1.807) is 0 Å². The van der Waals surface area contributed by atoms with E-state index in [0.717, 1.165) is 85.8 Å². The van der Waals surface area contributed by atoms with Gasteiger partial charge in [-0.15, -0.1) is 0 Å². The van der Waals surface area contributed by atoms with E-state index in [2.05, 4.69) is 99.1 Å². The third-order valence-corrected chi connectivity index (χ3v) is 25.2. The molecule has 0 saturated carbocycles. The van der Waals surface area contributed by atoms with Crippen LogP contribution in [-0.4, -0.2) is 196 Å². The van der Waals surface area contributed by atoms with Crippen molar-refractivity contribution in [2.45, 2.75) is 207 Å². The molecular weight excluding hydrogens is 1720 g/mol. The zero-order chi connectivity index (χ0) is 89.4. The number of anilines is 2. The van der Waals surface area contributed by atoms with Crippen LogP contribution in [0.2, 0.25) is 0 Å². The summed E-state index contributed by atoms with van der Waals surface area (Å²) < 4.78 is 123. The summed E-state index contributed by atoms with van der Waals surface area (Å²) in [6.45, 7) is 7.31. The van der Waals surface area contributed by atoms with Gasteiger partial charge in [0.05, 0.1) is 54.7 Å². The minimum absolute atomic E-state index is 0.00446. The second kappa shape index (κ2) is 42.6. The minimum Gasteiger partial charge on any atom is -0.790 e. The van der Waals surface area contributed by atoms with Crippen LogP contribution in [0.15, 0.2) is 49.6 Å². The smallest absolute Gasteiger partial charge is 0.274 e. The summed E-state index contributed by atoms with van der Waals surface area (Å²) >= 11 is 0. The molecule has 2 aliphatic rings. The predicted molar refractivity (Wildman–Crippen MR) is 399 cm³/mol. The average Bonchev–Trinajstić information content (AvgIpc) is 1.62. The van der Waals surface area contributed by atoms with Gasteiger partial charge in [0.25, 0.3) is 31.3 Å². The van der Waals surface area contributed by atoms with E-state index in [0.29, 0.717) is 0 Å². The Bertz CT molecular complexity index is 4400. The van der Waals surface area contributed by atoms with Crippen molar-refractivity contribution < 1.29 is 161 Å². The number of aliphatic hydroxyl groups excluding tert-OH is 4. The van der Waals surface area contributed by atoms with Crippen LogP contribution in [0.25, 0.3) is 22.3 Å². The summed E-state index contributed by atoms with van der Waals surface area (Å²) in [6, 6.07) is 8.14. The summed E-state index contributed by atoms with van der Waals surface area (Å²) in [5, 5.41) is 53.2. The molecule has 48 nitrogen and oxygen atoms in total. The maximum Gasteiger partial charge on any atom is 0.274 e. The number of rotatable bonds is 52. The highest BCUT2D eigenvalue weighted by molar-refractivity contribution is 7.60. The Morgan fingerprint density at radius 3 is 1.19 bits per heavy atom. The molecule has 54 heteroatoms. The van der Waals surface area contributed by atoms with Gasteiger partial charge in [-0.25, -0.2) is 38.5 Å². The summed E-state index contributed by atoms with van der Waals surface area (Å²) in [7, 11) is -35.6. The highest BCUT2D eigenvalue weighted by Gasteiger charge is 2.50. The number of aryl methyl sites for hydroxylation is 2. The average molecular weight is 1820 g/mol. The topological polar surface area (TPSA) is 750 Å². The number of unbranched alkanes of at least 4 members (excludes halogenated alkanes) is 2. The summed E-state index contributed by atoms with van der Waals surface area (Å²) in [4.78, 5) is 198. The number of amides is 4. The lowest BCUT2D eigenvalue weighted by atomic mass is 9.81. The third kappa shape index (κ3) is 31.4. The maximum atomic E-state index is 13.1. The number of ether oxygens (including phenoxy) is 2. The molecule has 14 unspecified atom stereocenters. The molecule has 0 bridgehead atoms. The van der Waals surface area contributed by atoms with Crippen LogP contribution >= 0.6 is 46.9 Å². The first kappa shape index (κ1) is 101. The van der Waals surface area contributed by atoms with Crippen molar-refractivity contribution in [3.05, 3.63) is 60.7 Å². The predicted octanol–water partition coefficient (Wildman–Crippen LogP) is -2.36. The van der Waals surface area contributed by atoms with Gasteiger partial charge in [-0.1, -0.05) is 92.5 Å². The molecule has 6 heterocycles. The molecule has 674 valence electrons. The molecule has 0 spiro atoms. The van der Waals surface area contributed by atoms with Crippen LogP contribution in [-0.2, 0) is 114 Å².